The van der Waals surface area contributed by atoms with Gasteiger partial charge in [0.25, 0.3) is 0 Å². The third-order valence-electron chi connectivity index (χ3n) is 5.02. The molecule has 4 nitrogen and oxygen atoms in total. The van der Waals surface area contributed by atoms with Crippen LogP contribution in [-0.4, -0.2) is 24.3 Å². The van der Waals surface area contributed by atoms with Crippen molar-refractivity contribution in [2.24, 2.45) is 0 Å². The Balaban J connectivity index is 1.74. The summed E-state index contributed by atoms with van der Waals surface area (Å²) in [6, 6.07) is 9.81. The smallest absolute Gasteiger partial charge is 0.243 e. The first-order valence-electron chi connectivity index (χ1n) is 8.22. The summed E-state index contributed by atoms with van der Waals surface area (Å²) >= 11 is 0. The molecule has 25 heavy (non-hydrogen) atoms. The molecule has 1 aromatic heterocycles. The molecule has 0 fully saturated rings. The summed E-state index contributed by atoms with van der Waals surface area (Å²) in [5, 5.41) is 0.886. The van der Waals surface area contributed by atoms with E-state index >= 15 is 0 Å². The molecule has 3 aromatic rings. The fraction of sp³-hybridized carbons (Fsp3) is 0.263. The Kier molecular flexibility index (Phi) is 3.70. The Hall–Kier alpha value is -2.18. The van der Waals surface area contributed by atoms with Gasteiger partial charge in [0.05, 0.1) is 4.90 Å². The van der Waals surface area contributed by atoms with E-state index < -0.39 is 10.0 Å². The van der Waals surface area contributed by atoms with Gasteiger partial charge in [-0.1, -0.05) is 6.07 Å². The van der Waals surface area contributed by atoms with E-state index in [1.54, 1.807) is 18.2 Å². The predicted octanol–water partition coefficient (Wildman–Crippen LogP) is 3.67. The lowest BCUT2D eigenvalue weighted by Gasteiger charge is -2.26. The van der Waals surface area contributed by atoms with E-state index in [2.05, 4.69) is 4.98 Å². The number of fused-ring (bicyclic) bond motifs is 3. The van der Waals surface area contributed by atoms with Gasteiger partial charge < -0.3 is 4.98 Å². The highest BCUT2D eigenvalue weighted by Gasteiger charge is 2.30. The average Bonchev–Trinajstić information content (AvgIpc) is 2.93. The zero-order valence-electron chi connectivity index (χ0n) is 14.1. The van der Waals surface area contributed by atoms with Crippen LogP contribution in [-0.2, 0) is 23.0 Å². The van der Waals surface area contributed by atoms with Gasteiger partial charge in [-0.3, -0.25) is 0 Å². The van der Waals surface area contributed by atoms with Gasteiger partial charge in [0.15, 0.2) is 0 Å². The molecule has 0 saturated heterocycles. The third kappa shape index (κ3) is 2.65. The molecule has 0 atom stereocenters. The Labute approximate surface area is 146 Å². The number of hydrogen-bond acceptors (Lipinski definition) is 2. The van der Waals surface area contributed by atoms with Crippen molar-refractivity contribution < 1.29 is 12.8 Å². The van der Waals surface area contributed by atoms with Crippen molar-refractivity contribution in [2.45, 2.75) is 31.7 Å². The Bertz CT molecular complexity index is 1090. The highest BCUT2D eigenvalue weighted by molar-refractivity contribution is 7.89. The van der Waals surface area contributed by atoms with E-state index in [1.165, 1.54) is 16.4 Å². The van der Waals surface area contributed by atoms with Crippen molar-refractivity contribution in [3.63, 3.8) is 0 Å². The van der Waals surface area contributed by atoms with E-state index in [9.17, 15) is 12.8 Å². The molecule has 6 heteroatoms. The van der Waals surface area contributed by atoms with Gasteiger partial charge in [-0.05, 0) is 60.9 Å². The largest absolute Gasteiger partial charge is 0.358 e. The summed E-state index contributed by atoms with van der Waals surface area (Å²) in [6.07, 6.45) is 0.593. The second-order valence-electron chi connectivity index (χ2n) is 6.61. The second kappa shape index (κ2) is 5.68. The lowest BCUT2D eigenvalue weighted by atomic mass is 10.1. The van der Waals surface area contributed by atoms with E-state index in [-0.39, 0.29) is 5.82 Å². The monoisotopic (exact) mass is 358 g/mol. The minimum Gasteiger partial charge on any atom is -0.358 e. The zero-order valence-corrected chi connectivity index (χ0v) is 15.0. The number of halogens is 1. The number of rotatable bonds is 2. The summed E-state index contributed by atoms with van der Waals surface area (Å²) in [6.45, 7) is 4.59. The first kappa shape index (κ1) is 16.3. The van der Waals surface area contributed by atoms with Crippen LogP contribution in [0.5, 0.6) is 0 Å². The summed E-state index contributed by atoms with van der Waals surface area (Å²) in [4.78, 5) is 3.55. The molecular weight excluding hydrogens is 339 g/mol. The summed E-state index contributed by atoms with van der Waals surface area (Å²) in [7, 11) is -3.55. The number of H-pyrrole nitrogens is 1. The molecule has 0 aliphatic carbocycles. The van der Waals surface area contributed by atoms with Gasteiger partial charge in [-0.25, -0.2) is 12.8 Å². The van der Waals surface area contributed by atoms with E-state index in [0.717, 1.165) is 33.3 Å². The molecule has 0 bridgehead atoms. The molecule has 2 aromatic carbocycles. The summed E-state index contributed by atoms with van der Waals surface area (Å²) in [5.41, 5.74) is 4.68. The van der Waals surface area contributed by atoms with Crippen molar-refractivity contribution in [1.82, 2.24) is 9.29 Å². The first-order chi connectivity index (χ1) is 11.9. The Morgan fingerprint density at radius 3 is 2.64 bits per heavy atom. The van der Waals surface area contributed by atoms with Crippen LogP contribution in [0.4, 0.5) is 4.39 Å². The number of sulfonamides is 1. The van der Waals surface area contributed by atoms with Crippen molar-refractivity contribution in [1.29, 1.82) is 0 Å². The maximum absolute atomic E-state index is 13.4. The maximum atomic E-state index is 13.4. The third-order valence-corrected chi connectivity index (χ3v) is 6.86. The molecule has 4 rings (SSSR count). The lowest BCUT2D eigenvalue weighted by molar-refractivity contribution is 0.391. The van der Waals surface area contributed by atoms with Crippen LogP contribution >= 0.6 is 0 Å². The van der Waals surface area contributed by atoms with Gasteiger partial charge >= 0.3 is 0 Å². The molecule has 1 aliphatic rings. The van der Waals surface area contributed by atoms with Crippen LogP contribution in [0.1, 0.15) is 22.4 Å². The van der Waals surface area contributed by atoms with Gasteiger partial charge in [0, 0.05) is 36.1 Å². The molecule has 0 radical (unpaired) electrons. The van der Waals surface area contributed by atoms with Crippen molar-refractivity contribution in [2.75, 3.05) is 6.54 Å². The Morgan fingerprint density at radius 2 is 1.88 bits per heavy atom. The van der Waals surface area contributed by atoms with Crippen LogP contribution in [0.25, 0.3) is 10.9 Å². The molecular formula is C19H19FN2O2S. The normalized spacial score (nSPS) is 15.5. The highest BCUT2D eigenvalue weighted by atomic mass is 32.2. The average molecular weight is 358 g/mol. The van der Waals surface area contributed by atoms with E-state index in [0.29, 0.717) is 24.4 Å². The molecule has 1 N–H and O–H groups in total. The Morgan fingerprint density at radius 1 is 1.08 bits per heavy atom. The lowest BCUT2D eigenvalue weighted by Crippen LogP contribution is -2.35. The number of benzene rings is 2. The topological polar surface area (TPSA) is 53.2 Å². The minimum absolute atomic E-state index is 0.300. The SMILES string of the molecule is Cc1ccc(S(=O)(=O)N2CCc3[nH]c4cc(F)ccc4c3C2)cc1C. The summed E-state index contributed by atoms with van der Waals surface area (Å²) < 4.78 is 41.0. The van der Waals surface area contributed by atoms with Gasteiger partial charge in [0.2, 0.25) is 10.0 Å². The second-order valence-corrected chi connectivity index (χ2v) is 8.54. The number of aromatic nitrogens is 1. The molecule has 0 spiro atoms. The quantitative estimate of drug-likeness (QED) is 0.760. The molecule has 0 saturated carbocycles. The zero-order chi connectivity index (χ0) is 17.8. The summed E-state index contributed by atoms with van der Waals surface area (Å²) in [5.74, 6) is -0.300. The molecule has 130 valence electrons. The van der Waals surface area contributed by atoms with Crippen LogP contribution < -0.4 is 0 Å². The van der Waals surface area contributed by atoms with Gasteiger partial charge in [-0.15, -0.1) is 0 Å². The number of hydrogen-bond donors (Lipinski definition) is 1. The van der Waals surface area contributed by atoms with Gasteiger partial charge in [-0.2, -0.15) is 4.31 Å². The minimum atomic E-state index is -3.55. The van der Waals surface area contributed by atoms with E-state index in [4.69, 9.17) is 0 Å². The van der Waals surface area contributed by atoms with Crippen LogP contribution in [0.2, 0.25) is 0 Å². The predicted molar refractivity (Wildman–Crippen MR) is 95.5 cm³/mol. The van der Waals surface area contributed by atoms with Crippen LogP contribution in [0.3, 0.4) is 0 Å². The highest BCUT2D eigenvalue weighted by Crippen LogP contribution is 2.31. The van der Waals surface area contributed by atoms with Gasteiger partial charge in [0.1, 0.15) is 5.82 Å². The van der Waals surface area contributed by atoms with Crippen molar-refractivity contribution >= 4 is 20.9 Å². The fourth-order valence-corrected chi connectivity index (χ4v) is 4.89. The number of nitrogens with one attached hydrogen (secondary N) is 1. The standard InChI is InChI=1S/C19H19FN2O2S/c1-12-3-5-15(9-13(12)2)25(23,24)22-8-7-18-17(11-22)16-6-4-14(20)10-19(16)21-18/h3-6,9-10,21H,7-8,11H2,1-2H3. The molecule has 2 heterocycles. The van der Waals surface area contributed by atoms with Crippen LogP contribution in [0, 0.1) is 19.7 Å². The van der Waals surface area contributed by atoms with Crippen LogP contribution in [0.15, 0.2) is 41.3 Å². The maximum Gasteiger partial charge on any atom is 0.243 e. The number of aryl methyl sites for hydroxylation is 2. The first-order valence-corrected chi connectivity index (χ1v) is 9.66. The molecule has 1 aliphatic heterocycles. The van der Waals surface area contributed by atoms with E-state index in [1.807, 2.05) is 19.9 Å². The van der Waals surface area contributed by atoms with Crippen molar-refractivity contribution in [3.8, 4) is 0 Å². The fourth-order valence-electron chi connectivity index (χ4n) is 3.40. The molecule has 0 unspecified atom stereocenters. The number of aromatic amines is 1. The van der Waals surface area contributed by atoms with Crippen molar-refractivity contribution in [3.05, 3.63) is 64.6 Å². The number of nitrogens with zero attached hydrogens (tertiary/aromatic N) is 1. The molecule has 0 amide bonds.